The van der Waals surface area contributed by atoms with E-state index in [4.69, 9.17) is 0 Å². The smallest absolute Gasteiger partial charge is 0.0223 e. The number of hydrogen-bond donors (Lipinski definition) is 1. The van der Waals surface area contributed by atoms with E-state index in [0.717, 1.165) is 18.0 Å². The molecule has 1 N–H and O–H groups in total. The number of nitrogens with zero attached hydrogens (tertiary/aromatic N) is 1. The van der Waals surface area contributed by atoms with Gasteiger partial charge in [0.05, 0.1) is 0 Å². The molecule has 1 aliphatic carbocycles. The Kier molecular flexibility index (Phi) is 4.04. The second kappa shape index (κ2) is 5.31. The van der Waals surface area contributed by atoms with Gasteiger partial charge in [0.2, 0.25) is 0 Å². The van der Waals surface area contributed by atoms with Gasteiger partial charge in [-0.25, -0.2) is 0 Å². The van der Waals surface area contributed by atoms with Crippen LogP contribution in [0.15, 0.2) is 0 Å². The fraction of sp³-hybridized carbons (Fsp3) is 1.00. The SMILES string of the molecule is CNCC1CCCN1C(C)C1CCCC1. The fourth-order valence-corrected chi connectivity index (χ4v) is 3.56. The average molecular weight is 210 g/mol. The molecule has 0 bridgehead atoms. The summed E-state index contributed by atoms with van der Waals surface area (Å²) in [5, 5.41) is 3.34. The zero-order valence-electron chi connectivity index (χ0n) is 10.3. The molecular formula is C13H26N2. The van der Waals surface area contributed by atoms with Crippen molar-refractivity contribution in [2.45, 2.75) is 57.5 Å². The van der Waals surface area contributed by atoms with E-state index in [1.165, 1.54) is 51.6 Å². The second-order valence-electron chi connectivity index (χ2n) is 5.38. The minimum Gasteiger partial charge on any atom is -0.318 e. The third-order valence-corrected chi connectivity index (χ3v) is 4.47. The Morgan fingerprint density at radius 2 is 1.93 bits per heavy atom. The Labute approximate surface area is 94.4 Å². The van der Waals surface area contributed by atoms with Crippen LogP contribution in [0.1, 0.15) is 45.4 Å². The van der Waals surface area contributed by atoms with Crippen LogP contribution >= 0.6 is 0 Å². The monoisotopic (exact) mass is 210 g/mol. The van der Waals surface area contributed by atoms with Gasteiger partial charge in [-0.05, 0) is 52.1 Å². The van der Waals surface area contributed by atoms with Crippen molar-refractivity contribution < 1.29 is 0 Å². The highest BCUT2D eigenvalue weighted by atomic mass is 15.2. The topological polar surface area (TPSA) is 15.3 Å². The molecule has 2 unspecified atom stereocenters. The van der Waals surface area contributed by atoms with Crippen molar-refractivity contribution in [3.63, 3.8) is 0 Å². The minimum absolute atomic E-state index is 0.811. The molecule has 0 aromatic heterocycles. The van der Waals surface area contributed by atoms with Gasteiger partial charge in [-0.15, -0.1) is 0 Å². The van der Waals surface area contributed by atoms with Crippen molar-refractivity contribution >= 4 is 0 Å². The van der Waals surface area contributed by atoms with Crippen LogP contribution in [0.3, 0.4) is 0 Å². The van der Waals surface area contributed by atoms with Crippen molar-refractivity contribution in [1.29, 1.82) is 0 Å². The van der Waals surface area contributed by atoms with E-state index in [2.05, 4.69) is 24.2 Å². The van der Waals surface area contributed by atoms with E-state index in [9.17, 15) is 0 Å². The predicted octanol–water partition coefficient (Wildman–Crippen LogP) is 2.25. The first kappa shape index (κ1) is 11.4. The summed E-state index contributed by atoms with van der Waals surface area (Å²) in [5.74, 6) is 0.988. The molecule has 2 heteroatoms. The average Bonchev–Trinajstić information content (AvgIpc) is 2.87. The number of likely N-dealkylation sites (tertiary alicyclic amines) is 1. The maximum atomic E-state index is 3.34. The quantitative estimate of drug-likeness (QED) is 0.765. The first-order valence-electron chi connectivity index (χ1n) is 6.73. The van der Waals surface area contributed by atoms with Gasteiger partial charge in [-0.2, -0.15) is 0 Å². The van der Waals surface area contributed by atoms with Crippen LogP contribution in [0.25, 0.3) is 0 Å². The second-order valence-corrected chi connectivity index (χ2v) is 5.38. The van der Waals surface area contributed by atoms with Crippen molar-refractivity contribution in [3.8, 4) is 0 Å². The molecule has 2 rings (SSSR count). The van der Waals surface area contributed by atoms with E-state index < -0.39 is 0 Å². The number of rotatable bonds is 4. The van der Waals surface area contributed by atoms with Crippen LogP contribution in [-0.2, 0) is 0 Å². The molecular weight excluding hydrogens is 184 g/mol. The molecule has 0 aromatic carbocycles. The lowest BCUT2D eigenvalue weighted by Crippen LogP contribution is -2.44. The van der Waals surface area contributed by atoms with E-state index in [-0.39, 0.29) is 0 Å². The van der Waals surface area contributed by atoms with Crippen molar-refractivity contribution in [2.24, 2.45) is 5.92 Å². The van der Waals surface area contributed by atoms with Crippen molar-refractivity contribution in [1.82, 2.24) is 10.2 Å². The highest BCUT2D eigenvalue weighted by Gasteiger charge is 2.32. The highest BCUT2D eigenvalue weighted by molar-refractivity contribution is 4.88. The summed E-state index contributed by atoms with van der Waals surface area (Å²) >= 11 is 0. The predicted molar refractivity (Wildman–Crippen MR) is 65.1 cm³/mol. The number of hydrogen-bond acceptors (Lipinski definition) is 2. The van der Waals surface area contributed by atoms with Gasteiger partial charge in [0.25, 0.3) is 0 Å². The third kappa shape index (κ3) is 2.54. The number of nitrogens with one attached hydrogen (secondary N) is 1. The van der Waals surface area contributed by atoms with E-state index in [1.807, 2.05) is 0 Å². The third-order valence-electron chi connectivity index (χ3n) is 4.47. The summed E-state index contributed by atoms with van der Waals surface area (Å²) in [6.07, 6.45) is 8.70. The molecule has 0 radical (unpaired) electrons. The standard InChI is InChI=1S/C13H26N2/c1-11(12-6-3-4-7-12)15-9-5-8-13(15)10-14-2/h11-14H,3-10H2,1-2H3. The Morgan fingerprint density at radius 1 is 1.20 bits per heavy atom. The van der Waals surface area contributed by atoms with Gasteiger partial charge in [0.15, 0.2) is 0 Å². The maximum absolute atomic E-state index is 3.34. The zero-order chi connectivity index (χ0) is 10.7. The Balaban J connectivity index is 1.89. The summed E-state index contributed by atoms with van der Waals surface area (Å²) in [6, 6.07) is 1.64. The fourth-order valence-electron chi connectivity index (χ4n) is 3.56. The first-order chi connectivity index (χ1) is 7.33. The summed E-state index contributed by atoms with van der Waals surface area (Å²) in [7, 11) is 2.08. The van der Waals surface area contributed by atoms with Crippen LogP contribution in [0.4, 0.5) is 0 Å². The van der Waals surface area contributed by atoms with Gasteiger partial charge < -0.3 is 5.32 Å². The first-order valence-corrected chi connectivity index (χ1v) is 6.73. The van der Waals surface area contributed by atoms with Gasteiger partial charge >= 0.3 is 0 Å². The maximum Gasteiger partial charge on any atom is 0.0223 e. The molecule has 1 aliphatic heterocycles. The zero-order valence-corrected chi connectivity index (χ0v) is 10.3. The number of likely N-dealkylation sites (N-methyl/N-ethyl adjacent to an activating group) is 1. The normalized spacial score (nSPS) is 31.2. The molecule has 1 heterocycles. The summed E-state index contributed by atoms with van der Waals surface area (Å²) < 4.78 is 0. The molecule has 2 aliphatic rings. The lowest BCUT2D eigenvalue weighted by molar-refractivity contribution is 0.141. The summed E-state index contributed by atoms with van der Waals surface area (Å²) in [4.78, 5) is 2.77. The Bertz CT molecular complexity index is 187. The van der Waals surface area contributed by atoms with Crippen LogP contribution in [-0.4, -0.2) is 37.1 Å². The minimum atomic E-state index is 0.811. The largest absolute Gasteiger partial charge is 0.318 e. The molecule has 0 aromatic rings. The van der Waals surface area contributed by atoms with E-state index in [1.54, 1.807) is 0 Å². The molecule has 88 valence electrons. The van der Waals surface area contributed by atoms with Crippen molar-refractivity contribution in [2.75, 3.05) is 20.1 Å². The summed E-state index contributed by atoms with van der Waals surface area (Å²) in [5.41, 5.74) is 0. The van der Waals surface area contributed by atoms with Gasteiger partial charge in [0, 0.05) is 18.6 Å². The highest BCUT2D eigenvalue weighted by Crippen LogP contribution is 2.33. The van der Waals surface area contributed by atoms with Crippen molar-refractivity contribution in [3.05, 3.63) is 0 Å². The summed E-state index contributed by atoms with van der Waals surface area (Å²) in [6.45, 7) is 4.98. The van der Waals surface area contributed by atoms with Crippen LogP contribution < -0.4 is 5.32 Å². The molecule has 2 atom stereocenters. The van der Waals surface area contributed by atoms with E-state index in [0.29, 0.717) is 0 Å². The van der Waals surface area contributed by atoms with Crippen LogP contribution in [0.5, 0.6) is 0 Å². The molecule has 1 saturated heterocycles. The van der Waals surface area contributed by atoms with Crippen LogP contribution in [0, 0.1) is 5.92 Å². The van der Waals surface area contributed by atoms with Gasteiger partial charge in [0.1, 0.15) is 0 Å². The lowest BCUT2D eigenvalue weighted by atomic mass is 9.97. The molecule has 0 spiro atoms. The molecule has 2 fully saturated rings. The molecule has 1 saturated carbocycles. The van der Waals surface area contributed by atoms with Gasteiger partial charge in [-0.1, -0.05) is 12.8 Å². The molecule has 15 heavy (non-hydrogen) atoms. The van der Waals surface area contributed by atoms with Crippen LogP contribution in [0.2, 0.25) is 0 Å². The van der Waals surface area contributed by atoms with E-state index >= 15 is 0 Å². The Hall–Kier alpha value is -0.0800. The Morgan fingerprint density at radius 3 is 2.60 bits per heavy atom. The molecule has 2 nitrogen and oxygen atoms in total. The molecule has 0 amide bonds. The van der Waals surface area contributed by atoms with Gasteiger partial charge in [-0.3, -0.25) is 4.90 Å². The lowest BCUT2D eigenvalue weighted by Gasteiger charge is -2.34.